The van der Waals surface area contributed by atoms with Gasteiger partial charge < -0.3 is 14.8 Å². The molecule has 0 saturated carbocycles. The molecule has 1 amide bonds. The van der Waals surface area contributed by atoms with Crippen LogP contribution in [0.5, 0.6) is 0 Å². The van der Waals surface area contributed by atoms with Crippen LogP contribution in [-0.4, -0.2) is 29.6 Å². The smallest absolute Gasteiger partial charge is 0.240 e. The minimum atomic E-state index is 0.0706. The first-order valence-corrected chi connectivity index (χ1v) is 8.93. The molecule has 2 aromatic carbocycles. The van der Waals surface area contributed by atoms with Gasteiger partial charge in [-0.15, -0.1) is 0 Å². The summed E-state index contributed by atoms with van der Waals surface area (Å²) in [6, 6.07) is 21.1. The highest BCUT2D eigenvalue weighted by Gasteiger charge is 2.24. The summed E-state index contributed by atoms with van der Waals surface area (Å²) >= 11 is 0. The Balaban J connectivity index is 1.37. The van der Waals surface area contributed by atoms with Crippen molar-refractivity contribution >= 4 is 22.5 Å². The molecule has 3 aromatic rings. The zero-order chi connectivity index (χ0) is 17.1. The van der Waals surface area contributed by atoms with Gasteiger partial charge >= 0.3 is 0 Å². The Morgan fingerprint density at radius 2 is 1.84 bits per heavy atom. The van der Waals surface area contributed by atoms with Gasteiger partial charge in [0.25, 0.3) is 0 Å². The van der Waals surface area contributed by atoms with Crippen molar-refractivity contribution < 1.29 is 4.79 Å². The second kappa shape index (κ2) is 7.01. The molecule has 0 bridgehead atoms. The number of fused-ring (bicyclic) bond motifs is 1. The number of para-hydroxylation sites is 2. The molecule has 1 fully saturated rings. The van der Waals surface area contributed by atoms with Gasteiger partial charge in [-0.3, -0.25) is 4.79 Å². The third-order valence-electron chi connectivity index (χ3n) is 4.99. The van der Waals surface area contributed by atoms with Gasteiger partial charge in [0.15, 0.2) is 0 Å². The molecule has 128 valence electrons. The second-order valence-electron chi connectivity index (χ2n) is 6.63. The lowest BCUT2D eigenvalue weighted by Crippen LogP contribution is -2.41. The second-order valence-corrected chi connectivity index (χ2v) is 6.63. The van der Waals surface area contributed by atoms with Crippen molar-refractivity contribution in [1.82, 2.24) is 9.88 Å². The van der Waals surface area contributed by atoms with Crippen molar-refractivity contribution in [2.45, 2.75) is 25.4 Å². The highest BCUT2D eigenvalue weighted by molar-refractivity contribution is 5.83. The van der Waals surface area contributed by atoms with Crippen LogP contribution in [0.3, 0.4) is 0 Å². The number of rotatable bonds is 5. The number of nitrogens with zero attached hydrogens (tertiary/aromatic N) is 2. The first-order chi connectivity index (χ1) is 12.3. The zero-order valence-electron chi connectivity index (χ0n) is 14.3. The van der Waals surface area contributed by atoms with E-state index in [4.69, 9.17) is 0 Å². The van der Waals surface area contributed by atoms with E-state index in [1.54, 1.807) is 0 Å². The van der Waals surface area contributed by atoms with Crippen LogP contribution in [0.2, 0.25) is 0 Å². The summed E-state index contributed by atoms with van der Waals surface area (Å²) in [7, 11) is 0. The molecule has 4 nitrogen and oxygen atoms in total. The Morgan fingerprint density at radius 1 is 1.04 bits per heavy atom. The number of aromatic nitrogens is 1. The van der Waals surface area contributed by atoms with E-state index in [0.717, 1.165) is 18.5 Å². The van der Waals surface area contributed by atoms with Crippen molar-refractivity contribution in [1.29, 1.82) is 0 Å². The largest absolute Gasteiger partial charge is 0.367 e. The first kappa shape index (κ1) is 15.8. The van der Waals surface area contributed by atoms with Crippen LogP contribution < -0.4 is 10.2 Å². The fraction of sp³-hybridized carbons (Fsp3) is 0.286. The molecule has 25 heavy (non-hydrogen) atoms. The number of hydrogen-bond donors (Lipinski definition) is 1. The van der Waals surface area contributed by atoms with Crippen molar-refractivity contribution in [3.63, 3.8) is 0 Å². The Morgan fingerprint density at radius 3 is 2.72 bits per heavy atom. The fourth-order valence-electron chi connectivity index (χ4n) is 3.73. The highest BCUT2D eigenvalue weighted by Crippen LogP contribution is 2.24. The quantitative estimate of drug-likeness (QED) is 0.777. The number of hydrogen-bond acceptors (Lipinski definition) is 2. The van der Waals surface area contributed by atoms with Crippen LogP contribution in [0.25, 0.3) is 10.9 Å². The van der Waals surface area contributed by atoms with Crippen LogP contribution in [0, 0.1) is 0 Å². The SMILES string of the molecule is O=C(Cn1ccc2ccccc21)NCC1CCCN1c1ccccc1. The summed E-state index contributed by atoms with van der Waals surface area (Å²) in [5.41, 5.74) is 2.35. The lowest BCUT2D eigenvalue weighted by molar-refractivity contribution is -0.121. The van der Waals surface area contributed by atoms with Crippen LogP contribution in [0.15, 0.2) is 66.9 Å². The maximum atomic E-state index is 12.4. The molecule has 0 spiro atoms. The minimum absolute atomic E-state index is 0.0706. The van der Waals surface area contributed by atoms with E-state index in [-0.39, 0.29) is 5.91 Å². The van der Waals surface area contributed by atoms with E-state index in [1.165, 1.54) is 17.5 Å². The van der Waals surface area contributed by atoms with Gasteiger partial charge in [-0.1, -0.05) is 36.4 Å². The molecule has 1 aliphatic heterocycles. The predicted octanol–water partition coefficient (Wildman–Crippen LogP) is 3.43. The van der Waals surface area contributed by atoms with Gasteiger partial charge in [0.2, 0.25) is 5.91 Å². The first-order valence-electron chi connectivity index (χ1n) is 8.93. The molecule has 1 unspecified atom stereocenters. The fourth-order valence-corrected chi connectivity index (χ4v) is 3.73. The third kappa shape index (κ3) is 3.38. The van der Waals surface area contributed by atoms with Crippen molar-refractivity contribution in [2.24, 2.45) is 0 Å². The van der Waals surface area contributed by atoms with E-state index >= 15 is 0 Å². The van der Waals surface area contributed by atoms with Crippen LogP contribution in [0.4, 0.5) is 5.69 Å². The average molecular weight is 333 g/mol. The molecule has 1 atom stereocenters. The molecule has 1 saturated heterocycles. The van der Waals surface area contributed by atoms with Gasteiger partial charge in [-0.2, -0.15) is 0 Å². The van der Waals surface area contributed by atoms with E-state index in [9.17, 15) is 4.79 Å². The van der Waals surface area contributed by atoms with Gasteiger partial charge in [-0.25, -0.2) is 0 Å². The number of benzene rings is 2. The Labute approximate surface area is 148 Å². The molecule has 4 heteroatoms. The maximum absolute atomic E-state index is 12.4. The van der Waals surface area contributed by atoms with E-state index in [0.29, 0.717) is 19.1 Å². The molecular weight excluding hydrogens is 310 g/mol. The topological polar surface area (TPSA) is 37.3 Å². The minimum Gasteiger partial charge on any atom is -0.367 e. The summed E-state index contributed by atoms with van der Waals surface area (Å²) in [5, 5.41) is 4.29. The molecule has 0 radical (unpaired) electrons. The number of nitrogens with one attached hydrogen (secondary N) is 1. The summed E-state index contributed by atoms with van der Waals surface area (Å²) < 4.78 is 2.01. The van der Waals surface area contributed by atoms with Crippen LogP contribution >= 0.6 is 0 Å². The maximum Gasteiger partial charge on any atom is 0.240 e. The van der Waals surface area contributed by atoms with E-state index < -0.39 is 0 Å². The average Bonchev–Trinajstić information content (AvgIpc) is 3.28. The van der Waals surface area contributed by atoms with E-state index in [1.807, 2.05) is 29.0 Å². The van der Waals surface area contributed by atoms with Gasteiger partial charge in [0.05, 0.1) is 0 Å². The van der Waals surface area contributed by atoms with Crippen molar-refractivity contribution in [3.05, 3.63) is 66.9 Å². The predicted molar refractivity (Wildman–Crippen MR) is 102 cm³/mol. The summed E-state index contributed by atoms with van der Waals surface area (Å²) in [5.74, 6) is 0.0706. The van der Waals surface area contributed by atoms with E-state index in [2.05, 4.69) is 52.7 Å². The number of amides is 1. The molecular formula is C21H23N3O. The standard InChI is InChI=1S/C21H23N3O/c25-21(16-23-14-12-17-7-4-5-11-20(17)23)22-15-19-10-6-13-24(19)18-8-2-1-3-9-18/h1-5,7-9,11-12,14,19H,6,10,13,15-16H2,(H,22,25). The lowest BCUT2D eigenvalue weighted by atomic mass is 10.2. The Hall–Kier alpha value is -2.75. The summed E-state index contributed by atoms with van der Waals surface area (Å²) in [6.45, 7) is 2.13. The zero-order valence-corrected chi connectivity index (χ0v) is 14.3. The van der Waals surface area contributed by atoms with Crippen LogP contribution in [0.1, 0.15) is 12.8 Å². The normalized spacial score (nSPS) is 17.1. The number of carbonyl (C=O) groups is 1. The number of carbonyl (C=O) groups excluding carboxylic acids is 1. The lowest BCUT2D eigenvalue weighted by Gasteiger charge is -2.27. The number of anilines is 1. The molecule has 2 heterocycles. The third-order valence-corrected chi connectivity index (χ3v) is 4.99. The molecule has 1 aliphatic rings. The Bertz CT molecular complexity index is 856. The summed E-state index contributed by atoms with van der Waals surface area (Å²) in [4.78, 5) is 14.8. The van der Waals surface area contributed by atoms with Crippen LogP contribution in [-0.2, 0) is 11.3 Å². The molecule has 4 rings (SSSR count). The molecule has 1 N–H and O–H groups in total. The molecule has 1 aromatic heterocycles. The highest BCUT2D eigenvalue weighted by atomic mass is 16.1. The van der Waals surface area contributed by atoms with Crippen molar-refractivity contribution in [2.75, 3.05) is 18.0 Å². The monoisotopic (exact) mass is 333 g/mol. The van der Waals surface area contributed by atoms with Crippen molar-refractivity contribution in [3.8, 4) is 0 Å². The summed E-state index contributed by atoms with van der Waals surface area (Å²) in [6.07, 6.45) is 4.29. The van der Waals surface area contributed by atoms with Gasteiger partial charge in [0.1, 0.15) is 6.54 Å². The van der Waals surface area contributed by atoms with Gasteiger partial charge in [0, 0.05) is 36.5 Å². The molecule has 0 aliphatic carbocycles. The Kier molecular flexibility index (Phi) is 4.42. The van der Waals surface area contributed by atoms with Gasteiger partial charge in [-0.05, 0) is 42.5 Å².